The summed E-state index contributed by atoms with van der Waals surface area (Å²) >= 11 is 0. The van der Waals surface area contributed by atoms with Crippen molar-refractivity contribution < 1.29 is 0 Å². The fourth-order valence-corrected chi connectivity index (χ4v) is 2.10. The summed E-state index contributed by atoms with van der Waals surface area (Å²) in [6, 6.07) is 12.6. The summed E-state index contributed by atoms with van der Waals surface area (Å²) < 4.78 is 0. The van der Waals surface area contributed by atoms with Gasteiger partial charge in [0.25, 0.3) is 0 Å². The molecule has 0 amide bonds. The van der Waals surface area contributed by atoms with Crippen molar-refractivity contribution in [1.82, 2.24) is 4.98 Å². The lowest BCUT2D eigenvalue weighted by atomic mass is 10.2. The summed E-state index contributed by atoms with van der Waals surface area (Å²) in [7, 11) is 0. The monoisotopic (exact) mass is 196 g/mol. The highest BCUT2D eigenvalue weighted by molar-refractivity contribution is 5.68. The Bertz CT molecular complexity index is 465. The molecule has 0 atom stereocenters. The normalized spacial score (nSPS) is 14.0. The largest absolute Gasteiger partial charge is 0.340 e. The smallest absolute Gasteiger partial charge is 0.0630 e. The van der Waals surface area contributed by atoms with Crippen LogP contribution in [0.4, 0.5) is 11.4 Å². The molecule has 1 aliphatic rings. The first kappa shape index (κ1) is 8.48. The standard InChI is InChI=1S/C13H12N2/c1-2-4-12(5-3-1)15-9-7-11-6-8-14-10-13(11)15/h1-6,8,10H,7,9H2. The lowest BCUT2D eigenvalue weighted by Gasteiger charge is -2.18. The van der Waals surface area contributed by atoms with Gasteiger partial charge in [-0.15, -0.1) is 0 Å². The molecule has 74 valence electrons. The molecule has 2 aromatic rings. The summed E-state index contributed by atoms with van der Waals surface area (Å²) in [5.41, 5.74) is 3.90. The van der Waals surface area contributed by atoms with Crippen molar-refractivity contribution >= 4 is 11.4 Å². The van der Waals surface area contributed by atoms with Crippen molar-refractivity contribution in [3.8, 4) is 0 Å². The highest BCUT2D eigenvalue weighted by Crippen LogP contribution is 2.32. The highest BCUT2D eigenvalue weighted by atomic mass is 15.2. The molecule has 0 aliphatic carbocycles. The fraction of sp³-hybridized carbons (Fsp3) is 0.154. The van der Waals surface area contributed by atoms with Crippen molar-refractivity contribution in [2.75, 3.05) is 11.4 Å². The molecule has 3 rings (SSSR count). The summed E-state index contributed by atoms with van der Waals surface area (Å²) in [5.74, 6) is 0. The van der Waals surface area contributed by atoms with Crippen LogP contribution in [0.2, 0.25) is 0 Å². The lowest BCUT2D eigenvalue weighted by Crippen LogP contribution is -2.12. The molecule has 1 aromatic heterocycles. The van der Waals surface area contributed by atoms with E-state index >= 15 is 0 Å². The molecule has 1 aliphatic heterocycles. The number of anilines is 2. The lowest BCUT2D eigenvalue weighted by molar-refractivity contribution is 0.998. The van der Waals surface area contributed by atoms with Gasteiger partial charge in [0.1, 0.15) is 0 Å². The molecule has 15 heavy (non-hydrogen) atoms. The van der Waals surface area contributed by atoms with Crippen LogP contribution in [0, 0.1) is 0 Å². The number of hydrogen-bond donors (Lipinski definition) is 0. The average molecular weight is 196 g/mol. The minimum atomic E-state index is 1.06. The molecule has 0 unspecified atom stereocenters. The predicted molar refractivity (Wildman–Crippen MR) is 61.4 cm³/mol. The highest BCUT2D eigenvalue weighted by Gasteiger charge is 2.19. The van der Waals surface area contributed by atoms with Crippen LogP contribution in [0.1, 0.15) is 5.56 Å². The average Bonchev–Trinajstić information content (AvgIpc) is 2.74. The maximum atomic E-state index is 4.19. The molecule has 0 bridgehead atoms. The van der Waals surface area contributed by atoms with Crippen molar-refractivity contribution in [3.63, 3.8) is 0 Å². The molecular formula is C13H12N2. The van der Waals surface area contributed by atoms with E-state index in [9.17, 15) is 0 Å². The van der Waals surface area contributed by atoms with Gasteiger partial charge in [-0.1, -0.05) is 18.2 Å². The van der Waals surface area contributed by atoms with Crippen LogP contribution in [0.25, 0.3) is 0 Å². The number of pyridine rings is 1. The van der Waals surface area contributed by atoms with Crippen molar-refractivity contribution in [2.45, 2.75) is 6.42 Å². The minimum absolute atomic E-state index is 1.06. The number of nitrogens with zero attached hydrogens (tertiary/aromatic N) is 2. The summed E-state index contributed by atoms with van der Waals surface area (Å²) in [6.07, 6.45) is 4.94. The van der Waals surface area contributed by atoms with Gasteiger partial charge < -0.3 is 4.90 Å². The van der Waals surface area contributed by atoms with E-state index in [0.29, 0.717) is 0 Å². The first-order valence-electron chi connectivity index (χ1n) is 5.20. The van der Waals surface area contributed by atoms with E-state index in [1.54, 1.807) is 0 Å². The topological polar surface area (TPSA) is 16.1 Å². The molecule has 0 saturated heterocycles. The molecule has 0 radical (unpaired) electrons. The number of fused-ring (bicyclic) bond motifs is 1. The Labute approximate surface area is 89.2 Å². The van der Waals surface area contributed by atoms with Gasteiger partial charge in [-0.3, -0.25) is 4.98 Å². The van der Waals surface area contributed by atoms with Gasteiger partial charge in [-0.25, -0.2) is 0 Å². The number of aromatic nitrogens is 1. The Morgan fingerprint density at radius 1 is 1.07 bits per heavy atom. The zero-order chi connectivity index (χ0) is 10.1. The minimum Gasteiger partial charge on any atom is -0.340 e. The Hall–Kier alpha value is -1.83. The second-order valence-electron chi connectivity index (χ2n) is 3.74. The van der Waals surface area contributed by atoms with Gasteiger partial charge >= 0.3 is 0 Å². The van der Waals surface area contributed by atoms with E-state index in [4.69, 9.17) is 0 Å². The fourth-order valence-electron chi connectivity index (χ4n) is 2.10. The van der Waals surface area contributed by atoms with E-state index < -0.39 is 0 Å². The molecule has 2 heterocycles. The maximum Gasteiger partial charge on any atom is 0.0630 e. The van der Waals surface area contributed by atoms with E-state index in [0.717, 1.165) is 13.0 Å². The van der Waals surface area contributed by atoms with Gasteiger partial charge in [0.05, 0.1) is 11.9 Å². The van der Waals surface area contributed by atoms with Crippen LogP contribution >= 0.6 is 0 Å². The Kier molecular flexibility index (Phi) is 1.91. The molecule has 0 fully saturated rings. The first-order chi connectivity index (χ1) is 7.45. The van der Waals surface area contributed by atoms with Crippen molar-refractivity contribution in [1.29, 1.82) is 0 Å². The molecule has 2 heteroatoms. The third-order valence-corrected chi connectivity index (χ3v) is 2.85. The van der Waals surface area contributed by atoms with Crippen molar-refractivity contribution in [3.05, 3.63) is 54.4 Å². The maximum absolute atomic E-state index is 4.19. The second kappa shape index (κ2) is 3.39. The SMILES string of the molecule is c1ccc(N2CCc3ccncc32)cc1. The van der Waals surface area contributed by atoms with Gasteiger partial charge in [0, 0.05) is 18.4 Å². The van der Waals surface area contributed by atoms with Crippen LogP contribution < -0.4 is 4.90 Å². The van der Waals surface area contributed by atoms with Gasteiger partial charge in [0.15, 0.2) is 0 Å². The van der Waals surface area contributed by atoms with Gasteiger partial charge in [-0.2, -0.15) is 0 Å². The Balaban J connectivity index is 2.05. The van der Waals surface area contributed by atoms with Gasteiger partial charge in [0.2, 0.25) is 0 Å². The predicted octanol–water partition coefficient (Wildman–Crippen LogP) is 2.78. The number of para-hydroxylation sites is 1. The van der Waals surface area contributed by atoms with Crippen molar-refractivity contribution in [2.24, 2.45) is 0 Å². The zero-order valence-corrected chi connectivity index (χ0v) is 8.43. The Morgan fingerprint density at radius 3 is 2.80 bits per heavy atom. The summed E-state index contributed by atoms with van der Waals surface area (Å²) in [5, 5.41) is 0. The molecule has 0 saturated carbocycles. The number of benzene rings is 1. The summed E-state index contributed by atoms with van der Waals surface area (Å²) in [4.78, 5) is 6.51. The summed E-state index contributed by atoms with van der Waals surface area (Å²) in [6.45, 7) is 1.06. The second-order valence-corrected chi connectivity index (χ2v) is 3.74. The molecule has 2 nitrogen and oxygen atoms in total. The van der Waals surface area contributed by atoms with E-state index in [1.165, 1.54) is 16.9 Å². The van der Waals surface area contributed by atoms with Crippen LogP contribution in [0.15, 0.2) is 48.8 Å². The number of rotatable bonds is 1. The van der Waals surface area contributed by atoms with Crippen LogP contribution in [0.3, 0.4) is 0 Å². The quantitative estimate of drug-likeness (QED) is 0.697. The van der Waals surface area contributed by atoms with E-state index in [-0.39, 0.29) is 0 Å². The molecular weight excluding hydrogens is 184 g/mol. The van der Waals surface area contributed by atoms with E-state index in [2.05, 4.69) is 40.2 Å². The first-order valence-corrected chi connectivity index (χ1v) is 5.20. The molecule has 0 spiro atoms. The van der Waals surface area contributed by atoms with Crippen LogP contribution in [0.5, 0.6) is 0 Å². The third-order valence-electron chi connectivity index (χ3n) is 2.85. The third kappa shape index (κ3) is 1.38. The van der Waals surface area contributed by atoms with Crippen LogP contribution in [-0.4, -0.2) is 11.5 Å². The zero-order valence-electron chi connectivity index (χ0n) is 8.43. The Morgan fingerprint density at radius 2 is 1.93 bits per heavy atom. The molecule has 1 aromatic carbocycles. The number of hydrogen-bond acceptors (Lipinski definition) is 2. The van der Waals surface area contributed by atoms with Crippen LogP contribution in [-0.2, 0) is 6.42 Å². The molecule has 0 N–H and O–H groups in total. The van der Waals surface area contributed by atoms with E-state index in [1.807, 2.05) is 18.5 Å². The van der Waals surface area contributed by atoms with Gasteiger partial charge in [-0.05, 0) is 30.2 Å².